The molecular weight excluding hydrogens is 346 g/mol. The van der Waals surface area contributed by atoms with Gasteiger partial charge in [-0.3, -0.25) is 14.9 Å². The lowest BCUT2D eigenvalue weighted by atomic mass is 9.89. The predicted octanol–water partition coefficient (Wildman–Crippen LogP) is 2.63. The summed E-state index contributed by atoms with van der Waals surface area (Å²) in [5, 5.41) is 5.44. The van der Waals surface area contributed by atoms with Crippen LogP contribution in [-0.2, 0) is 14.3 Å². The second-order valence-corrected chi connectivity index (χ2v) is 8.18. The van der Waals surface area contributed by atoms with E-state index in [2.05, 4.69) is 16.7 Å². The Balaban J connectivity index is 1.58. The van der Waals surface area contributed by atoms with E-state index in [0.29, 0.717) is 19.0 Å². The second kappa shape index (κ2) is 7.58. The monoisotopic (exact) mass is 373 g/mol. The molecule has 2 heterocycles. The molecule has 0 radical (unpaired) electrons. The highest BCUT2D eigenvalue weighted by atomic mass is 16.6. The number of amides is 3. The van der Waals surface area contributed by atoms with E-state index in [1.54, 1.807) is 4.90 Å². The van der Waals surface area contributed by atoms with Gasteiger partial charge in [-0.05, 0) is 57.2 Å². The summed E-state index contributed by atoms with van der Waals surface area (Å²) in [5.41, 5.74) is 1.52. The molecule has 1 aromatic rings. The third-order valence-electron chi connectivity index (χ3n) is 4.81. The average molecular weight is 373 g/mol. The first kappa shape index (κ1) is 19.2. The minimum absolute atomic E-state index is 0.164. The number of carbonyl (C=O) groups excluding carboxylic acids is 3. The first-order chi connectivity index (χ1) is 12.7. The molecule has 27 heavy (non-hydrogen) atoms. The standard InChI is InChI=1S/C20H27N3O4/c1-20(2,3)27-19(26)23-9-7-13(8-10-23)14-5-4-6-15(11-14)21-16-12-17(24)22-18(16)25/h4-6,11,13,16,21H,7-10,12H2,1-3H3,(H,22,24,25). The predicted molar refractivity (Wildman–Crippen MR) is 101 cm³/mol. The fourth-order valence-corrected chi connectivity index (χ4v) is 3.48. The van der Waals surface area contributed by atoms with Crippen LogP contribution in [-0.4, -0.2) is 47.5 Å². The van der Waals surface area contributed by atoms with Crippen molar-refractivity contribution in [1.82, 2.24) is 10.2 Å². The normalized spacial score (nSPS) is 21.1. The summed E-state index contributed by atoms with van der Waals surface area (Å²) >= 11 is 0. The van der Waals surface area contributed by atoms with Crippen LogP contribution in [0.3, 0.4) is 0 Å². The lowest BCUT2D eigenvalue weighted by Crippen LogP contribution is -2.41. The van der Waals surface area contributed by atoms with Crippen LogP contribution in [0.1, 0.15) is 51.5 Å². The van der Waals surface area contributed by atoms with Gasteiger partial charge in [-0.15, -0.1) is 0 Å². The summed E-state index contributed by atoms with van der Waals surface area (Å²) in [4.78, 5) is 37.0. The van der Waals surface area contributed by atoms with Gasteiger partial charge >= 0.3 is 6.09 Å². The number of likely N-dealkylation sites (tertiary alicyclic amines) is 1. The smallest absolute Gasteiger partial charge is 0.410 e. The maximum absolute atomic E-state index is 12.2. The Labute approximate surface area is 159 Å². The molecule has 1 unspecified atom stereocenters. The zero-order chi connectivity index (χ0) is 19.6. The summed E-state index contributed by atoms with van der Waals surface area (Å²) in [6.07, 6.45) is 1.64. The molecule has 7 nitrogen and oxygen atoms in total. The lowest BCUT2D eigenvalue weighted by Gasteiger charge is -2.33. The molecule has 0 saturated carbocycles. The maximum atomic E-state index is 12.2. The molecule has 3 amide bonds. The Morgan fingerprint density at radius 1 is 1.22 bits per heavy atom. The van der Waals surface area contributed by atoms with Crippen molar-refractivity contribution in [2.75, 3.05) is 18.4 Å². The molecule has 0 aromatic heterocycles. The van der Waals surface area contributed by atoms with Crippen molar-refractivity contribution in [1.29, 1.82) is 0 Å². The summed E-state index contributed by atoms with van der Waals surface area (Å²) in [5.74, 6) is -0.177. The largest absolute Gasteiger partial charge is 0.444 e. The molecule has 2 aliphatic heterocycles. The van der Waals surface area contributed by atoms with Crippen LogP contribution >= 0.6 is 0 Å². The minimum Gasteiger partial charge on any atom is -0.444 e. The van der Waals surface area contributed by atoms with Gasteiger partial charge in [-0.1, -0.05) is 12.1 Å². The van der Waals surface area contributed by atoms with Crippen LogP contribution in [0.5, 0.6) is 0 Å². The Morgan fingerprint density at radius 3 is 2.52 bits per heavy atom. The lowest BCUT2D eigenvalue weighted by molar-refractivity contribution is -0.124. The zero-order valence-electron chi connectivity index (χ0n) is 16.1. The number of rotatable bonds is 3. The van der Waals surface area contributed by atoms with E-state index in [4.69, 9.17) is 4.74 Å². The van der Waals surface area contributed by atoms with E-state index in [0.717, 1.165) is 18.5 Å². The van der Waals surface area contributed by atoms with E-state index in [1.807, 2.05) is 39.0 Å². The number of hydrogen-bond acceptors (Lipinski definition) is 5. The van der Waals surface area contributed by atoms with Gasteiger partial charge in [-0.2, -0.15) is 0 Å². The van der Waals surface area contributed by atoms with Gasteiger partial charge in [0.2, 0.25) is 11.8 Å². The summed E-state index contributed by atoms with van der Waals surface area (Å²) in [6.45, 7) is 6.94. The molecule has 146 valence electrons. The fourth-order valence-electron chi connectivity index (χ4n) is 3.48. The molecule has 7 heteroatoms. The molecule has 0 spiro atoms. The second-order valence-electron chi connectivity index (χ2n) is 8.18. The van der Waals surface area contributed by atoms with Gasteiger partial charge in [-0.25, -0.2) is 4.79 Å². The molecule has 1 atom stereocenters. The van der Waals surface area contributed by atoms with Gasteiger partial charge < -0.3 is 15.0 Å². The van der Waals surface area contributed by atoms with Gasteiger partial charge in [0.25, 0.3) is 0 Å². The molecule has 0 aliphatic carbocycles. The number of nitrogens with one attached hydrogen (secondary N) is 2. The molecule has 2 N–H and O–H groups in total. The Bertz CT molecular complexity index is 733. The number of hydrogen-bond donors (Lipinski definition) is 2. The average Bonchev–Trinajstić information content (AvgIpc) is 2.91. The van der Waals surface area contributed by atoms with Crippen molar-refractivity contribution < 1.29 is 19.1 Å². The number of nitrogens with zero attached hydrogens (tertiary/aromatic N) is 1. The van der Waals surface area contributed by atoms with Gasteiger partial charge in [0.1, 0.15) is 11.6 Å². The minimum atomic E-state index is -0.512. The quantitative estimate of drug-likeness (QED) is 0.796. The first-order valence-corrected chi connectivity index (χ1v) is 9.39. The Morgan fingerprint density at radius 2 is 1.93 bits per heavy atom. The number of benzene rings is 1. The SMILES string of the molecule is CC(C)(C)OC(=O)N1CCC(c2cccc(NC3CC(=O)NC3=O)c2)CC1. The van der Waals surface area contributed by atoms with Crippen LogP contribution in [0.2, 0.25) is 0 Å². The number of ether oxygens (including phenoxy) is 1. The number of piperidine rings is 1. The van der Waals surface area contributed by atoms with Crippen LogP contribution in [0.15, 0.2) is 24.3 Å². The fraction of sp³-hybridized carbons (Fsp3) is 0.550. The van der Waals surface area contributed by atoms with Crippen LogP contribution in [0.25, 0.3) is 0 Å². The van der Waals surface area contributed by atoms with Gasteiger partial charge in [0.15, 0.2) is 0 Å². The van der Waals surface area contributed by atoms with E-state index >= 15 is 0 Å². The Kier molecular flexibility index (Phi) is 5.39. The van der Waals surface area contributed by atoms with E-state index in [9.17, 15) is 14.4 Å². The van der Waals surface area contributed by atoms with Crippen LogP contribution < -0.4 is 10.6 Å². The first-order valence-electron chi connectivity index (χ1n) is 9.39. The molecule has 2 saturated heterocycles. The molecule has 3 rings (SSSR count). The maximum Gasteiger partial charge on any atom is 0.410 e. The third-order valence-corrected chi connectivity index (χ3v) is 4.81. The molecule has 1 aromatic carbocycles. The topological polar surface area (TPSA) is 87.7 Å². The molecule has 0 bridgehead atoms. The third kappa shape index (κ3) is 4.99. The van der Waals surface area contributed by atoms with Gasteiger partial charge in [0.05, 0.1) is 6.42 Å². The van der Waals surface area contributed by atoms with E-state index in [-0.39, 0.29) is 24.3 Å². The highest BCUT2D eigenvalue weighted by molar-refractivity contribution is 6.06. The molecule has 2 aliphatic rings. The number of imide groups is 1. The Hall–Kier alpha value is -2.57. The highest BCUT2D eigenvalue weighted by Crippen LogP contribution is 2.30. The summed E-state index contributed by atoms with van der Waals surface area (Å²) < 4.78 is 5.44. The van der Waals surface area contributed by atoms with Gasteiger partial charge in [0, 0.05) is 18.8 Å². The number of anilines is 1. The van der Waals surface area contributed by atoms with E-state index < -0.39 is 11.6 Å². The van der Waals surface area contributed by atoms with Crippen molar-refractivity contribution in [3.8, 4) is 0 Å². The molecular formula is C20H27N3O4. The van der Waals surface area contributed by atoms with Crippen molar-refractivity contribution >= 4 is 23.6 Å². The number of carbonyl (C=O) groups is 3. The van der Waals surface area contributed by atoms with Crippen molar-refractivity contribution in [2.45, 2.75) is 57.6 Å². The van der Waals surface area contributed by atoms with Crippen molar-refractivity contribution in [3.05, 3.63) is 29.8 Å². The van der Waals surface area contributed by atoms with Crippen LogP contribution in [0.4, 0.5) is 10.5 Å². The van der Waals surface area contributed by atoms with Crippen molar-refractivity contribution in [2.24, 2.45) is 0 Å². The summed E-state index contributed by atoms with van der Waals surface area (Å²) in [6, 6.07) is 7.44. The zero-order valence-corrected chi connectivity index (χ0v) is 16.1. The highest BCUT2D eigenvalue weighted by Gasteiger charge is 2.31. The van der Waals surface area contributed by atoms with Crippen LogP contribution in [0, 0.1) is 0 Å². The van der Waals surface area contributed by atoms with Crippen molar-refractivity contribution in [3.63, 3.8) is 0 Å². The summed E-state index contributed by atoms with van der Waals surface area (Å²) in [7, 11) is 0. The van der Waals surface area contributed by atoms with E-state index in [1.165, 1.54) is 5.56 Å². The molecule has 2 fully saturated rings.